The molecule has 0 bridgehead atoms. The van der Waals surface area contributed by atoms with Gasteiger partial charge in [-0.1, -0.05) is 41.5 Å². The molecule has 34 heavy (non-hydrogen) atoms. The molecular formula is C27H35N3O4. The largest absolute Gasteiger partial charge is 0.493 e. The second-order valence-corrected chi connectivity index (χ2v) is 9.72. The van der Waals surface area contributed by atoms with Gasteiger partial charge >= 0.3 is 6.03 Å². The van der Waals surface area contributed by atoms with Gasteiger partial charge in [-0.25, -0.2) is 4.79 Å². The number of nitrogens with one attached hydrogen (secondary N) is 1. The average molecular weight is 466 g/mol. The van der Waals surface area contributed by atoms with Crippen LogP contribution in [0.25, 0.3) is 0 Å². The molecule has 0 aliphatic carbocycles. The van der Waals surface area contributed by atoms with Gasteiger partial charge in [0.15, 0.2) is 11.5 Å². The van der Waals surface area contributed by atoms with Crippen LogP contribution in [0.15, 0.2) is 36.4 Å². The molecule has 2 aromatic rings. The normalized spacial score (nSPS) is 21.6. The fourth-order valence-electron chi connectivity index (χ4n) is 5.47. The van der Waals surface area contributed by atoms with Crippen molar-refractivity contribution in [3.05, 3.63) is 58.7 Å². The number of piperidine rings is 1. The quantitative estimate of drug-likeness (QED) is 0.625. The molecule has 0 spiro atoms. The molecule has 2 aromatic carbocycles. The first-order valence-electron chi connectivity index (χ1n) is 11.9. The van der Waals surface area contributed by atoms with Crippen LogP contribution in [0.2, 0.25) is 0 Å². The molecule has 3 amide bonds. The number of hydrogen-bond donors (Lipinski definition) is 1. The maximum atomic E-state index is 13.5. The molecule has 2 aliphatic heterocycles. The van der Waals surface area contributed by atoms with Gasteiger partial charge in [0.05, 0.1) is 20.8 Å². The van der Waals surface area contributed by atoms with Crippen molar-refractivity contribution in [2.24, 2.45) is 5.92 Å². The molecule has 7 heteroatoms. The number of urea groups is 1. The number of rotatable bonds is 7. The molecule has 182 valence electrons. The SMILES string of the molecule is COc1cccc(CN2C(=O)NC(C)(C3CCN(Cc4cc(C)cc(C)c4)CC3)C2=O)c1OC. The summed E-state index contributed by atoms with van der Waals surface area (Å²) < 4.78 is 10.9. The number of para-hydroxylation sites is 1. The molecule has 1 atom stereocenters. The van der Waals surface area contributed by atoms with E-state index in [4.69, 9.17) is 9.47 Å². The monoisotopic (exact) mass is 465 g/mol. The highest BCUT2D eigenvalue weighted by molar-refractivity contribution is 6.07. The first-order valence-corrected chi connectivity index (χ1v) is 11.9. The van der Waals surface area contributed by atoms with E-state index in [9.17, 15) is 9.59 Å². The third-order valence-corrected chi connectivity index (χ3v) is 7.21. The maximum Gasteiger partial charge on any atom is 0.325 e. The van der Waals surface area contributed by atoms with E-state index in [2.05, 4.69) is 42.3 Å². The Kier molecular flexibility index (Phi) is 6.84. The summed E-state index contributed by atoms with van der Waals surface area (Å²) in [6.45, 7) is 9.00. The number of benzene rings is 2. The highest BCUT2D eigenvalue weighted by Gasteiger charge is 2.52. The van der Waals surface area contributed by atoms with Gasteiger partial charge in [-0.15, -0.1) is 0 Å². The molecule has 1 N–H and O–H groups in total. The van der Waals surface area contributed by atoms with Crippen LogP contribution in [0.4, 0.5) is 4.79 Å². The van der Waals surface area contributed by atoms with E-state index < -0.39 is 5.54 Å². The van der Waals surface area contributed by atoms with Crippen LogP contribution >= 0.6 is 0 Å². The van der Waals surface area contributed by atoms with Gasteiger partial charge in [0.25, 0.3) is 5.91 Å². The van der Waals surface area contributed by atoms with E-state index in [-0.39, 0.29) is 24.4 Å². The van der Waals surface area contributed by atoms with Crippen molar-refractivity contribution in [1.82, 2.24) is 15.1 Å². The number of ether oxygens (including phenoxy) is 2. The highest BCUT2D eigenvalue weighted by Crippen LogP contribution is 2.36. The number of carbonyl (C=O) groups excluding carboxylic acids is 2. The van der Waals surface area contributed by atoms with Crippen LogP contribution in [0.1, 0.15) is 42.0 Å². The van der Waals surface area contributed by atoms with Gasteiger partial charge in [-0.05, 0) is 64.3 Å². The van der Waals surface area contributed by atoms with Crippen molar-refractivity contribution in [2.45, 2.75) is 52.2 Å². The van der Waals surface area contributed by atoms with Crippen LogP contribution < -0.4 is 14.8 Å². The van der Waals surface area contributed by atoms with Gasteiger partial charge < -0.3 is 14.8 Å². The lowest BCUT2D eigenvalue weighted by Crippen LogP contribution is -2.53. The van der Waals surface area contributed by atoms with E-state index in [1.54, 1.807) is 20.3 Å². The Bertz CT molecular complexity index is 1060. The molecule has 1 unspecified atom stereocenters. The molecule has 4 rings (SSSR count). The minimum atomic E-state index is -0.894. The lowest BCUT2D eigenvalue weighted by molar-refractivity contribution is -0.133. The lowest BCUT2D eigenvalue weighted by Gasteiger charge is -2.39. The Morgan fingerprint density at radius 1 is 1.00 bits per heavy atom. The van der Waals surface area contributed by atoms with Crippen LogP contribution in [-0.2, 0) is 17.9 Å². The Balaban J connectivity index is 1.42. The molecule has 0 radical (unpaired) electrons. The average Bonchev–Trinajstić information content (AvgIpc) is 3.02. The zero-order valence-electron chi connectivity index (χ0n) is 20.8. The van der Waals surface area contributed by atoms with Gasteiger partial charge in [-0.3, -0.25) is 14.6 Å². The topological polar surface area (TPSA) is 71.1 Å². The first-order chi connectivity index (χ1) is 16.2. The predicted molar refractivity (Wildman–Crippen MR) is 131 cm³/mol. The number of imide groups is 1. The molecule has 2 saturated heterocycles. The Labute approximate surface area is 202 Å². The molecular weight excluding hydrogens is 430 g/mol. The molecule has 7 nitrogen and oxygen atoms in total. The summed E-state index contributed by atoms with van der Waals surface area (Å²) in [5, 5.41) is 3.01. The smallest absolute Gasteiger partial charge is 0.325 e. The van der Waals surface area contributed by atoms with E-state index >= 15 is 0 Å². The van der Waals surface area contributed by atoms with Crippen LogP contribution in [0, 0.1) is 19.8 Å². The maximum absolute atomic E-state index is 13.5. The number of amides is 3. The van der Waals surface area contributed by atoms with Crippen molar-refractivity contribution in [3.63, 3.8) is 0 Å². The van der Waals surface area contributed by atoms with Crippen LogP contribution in [0.5, 0.6) is 11.5 Å². The standard InChI is InChI=1S/C27H35N3O4/c1-18-13-19(2)15-20(14-18)16-29-11-9-22(10-12-29)27(3)25(31)30(26(32)28-27)17-21-7-6-8-23(33-4)24(21)34-5/h6-8,13-15,22H,9-12,16-17H2,1-5H3,(H,28,32). The number of carbonyl (C=O) groups is 2. The third kappa shape index (κ3) is 4.62. The van der Waals surface area contributed by atoms with Crippen molar-refractivity contribution in [2.75, 3.05) is 27.3 Å². The summed E-state index contributed by atoms with van der Waals surface area (Å²) in [4.78, 5) is 30.1. The summed E-state index contributed by atoms with van der Waals surface area (Å²) in [5.74, 6) is 1.04. The Morgan fingerprint density at radius 3 is 2.29 bits per heavy atom. The van der Waals surface area contributed by atoms with E-state index in [0.717, 1.165) is 38.0 Å². The second kappa shape index (κ2) is 9.66. The van der Waals surface area contributed by atoms with Gasteiger partial charge in [0.1, 0.15) is 5.54 Å². The molecule has 2 heterocycles. The highest BCUT2D eigenvalue weighted by atomic mass is 16.5. The lowest BCUT2D eigenvalue weighted by atomic mass is 9.78. The Hall–Kier alpha value is -3.06. The van der Waals surface area contributed by atoms with Gasteiger partial charge in [0.2, 0.25) is 0 Å². The molecule has 2 fully saturated rings. The third-order valence-electron chi connectivity index (χ3n) is 7.21. The fourth-order valence-corrected chi connectivity index (χ4v) is 5.47. The summed E-state index contributed by atoms with van der Waals surface area (Å²) in [5.41, 5.74) is 3.73. The molecule has 0 saturated carbocycles. The molecule has 2 aliphatic rings. The molecule has 0 aromatic heterocycles. The van der Waals surface area contributed by atoms with Crippen molar-refractivity contribution in [3.8, 4) is 11.5 Å². The first kappa shape index (κ1) is 24.1. The van der Waals surface area contributed by atoms with E-state index in [0.29, 0.717) is 11.5 Å². The number of likely N-dealkylation sites (tertiary alicyclic amines) is 1. The fraction of sp³-hybridized carbons (Fsp3) is 0.481. The summed E-state index contributed by atoms with van der Waals surface area (Å²) in [7, 11) is 3.13. The summed E-state index contributed by atoms with van der Waals surface area (Å²) in [6, 6.07) is 11.8. The number of nitrogens with zero attached hydrogens (tertiary/aromatic N) is 2. The predicted octanol–water partition coefficient (Wildman–Crippen LogP) is 4.04. The minimum Gasteiger partial charge on any atom is -0.493 e. The number of hydrogen-bond acceptors (Lipinski definition) is 5. The summed E-state index contributed by atoms with van der Waals surface area (Å²) >= 11 is 0. The van der Waals surface area contributed by atoms with Crippen LogP contribution in [-0.4, -0.2) is 54.6 Å². The number of methoxy groups -OCH3 is 2. The van der Waals surface area contributed by atoms with Gasteiger partial charge in [-0.2, -0.15) is 0 Å². The minimum absolute atomic E-state index is 0.0941. The van der Waals surface area contributed by atoms with Gasteiger partial charge in [0, 0.05) is 12.1 Å². The van der Waals surface area contributed by atoms with Crippen LogP contribution in [0.3, 0.4) is 0 Å². The van der Waals surface area contributed by atoms with Crippen molar-refractivity contribution in [1.29, 1.82) is 0 Å². The zero-order valence-corrected chi connectivity index (χ0v) is 20.8. The number of aryl methyl sites for hydroxylation is 2. The van der Waals surface area contributed by atoms with Crippen molar-refractivity contribution >= 4 is 11.9 Å². The Morgan fingerprint density at radius 2 is 1.68 bits per heavy atom. The second-order valence-electron chi connectivity index (χ2n) is 9.72. The zero-order chi connectivity index (χ0) is 24.5. The van der Waals surface area contributed by atoms with Crippen molar-refractivity contribution < 1.29 is 19.1 Å². The van der Waals surface area contributed by atoms with E-state index in [1.165, 1.54) is 21.6 Å². The van der Waals surface area contributed by atoms with E-state index in [1.807, 2.05) is 19.1 Å². The summed E-state index contributed by atoms with van der Waals surface area (Å²) in [6.07, 6.45) is 1.73.